The summed E-state index contributed by atoms with van der Waals surface area (Å²) < 4.78 is 0. The normalized spacial score (nSPS) is 20.0. The maximum Gasteiger partial charge on any atom is 0.0509 e. The fourth-order valence-electron chi connectivity index (χ4n) is 15.4. The lowest BCUT2D eigenvalue weighted by atomic mass is 10.2. The molecule has 0 N–H and O–H groups in total. The number of nitrogens with zero attached hydrogens (tertiary/aromatic N) is 16. The van der Waals surface area contributed by atoms with Crippen LogP contribution in [0.3, 0.4) is 0 Å². The van der Waals surface area contributed by atoms with Gasteiger partial charge in [0.25, 0.3) is 0 Å². The van der Waals surface area contributed by atoms with Gasteiger partial charge in [0.15, 0.2) is 0 Å². The van der Waals surface area contributed by atoms with Crippen LogP contribution in [0.4, 0.5) is 45.5 Å². The predicted octanol–water partition coefficient (Wildman–Crippen LogP) is 10.4. The smallest absolute Gasteiger partial charge is 0.0509 e. The van der Waals surface area contributed by atoms with Gasteiger partial charge in [-0.3, -0.25) is 39.2 Å². The maximum absolute atomic E-state index is 2.61. The van der Waals surface area contributed by atoms with Crippen LogP contribution in [0.1, 0.15) is 0 Å². The Balaban J connectivity index is 0.000000119. The van der Waals surface area contributed by atoms with Crippen molar-refractivity contribution >= 4 is 45.5 Å². The van der Waals surface area contributed by atoms with Crippen LogP contribution in [-0.2, 0) is 0 Å². The van der Waals surface area contributed by atoms with Gasteiger partial charge in [-0.15, -0.1) is 0 Å². The first kappa shape index (κ1) is 70.3. The molecule has 0 aromatic heterocycles. The van der Waals surface area contributed by atoms with Crippen LogP contribution in [-0.4, -0.2) is 275 Å². The monoisotopic (exact) mass is 1340 g/mol. The predicted molar refractivity (Wildman–Crippen MR) is 421 cm³/mol. The molecule has 8 saturated heterocycles. The number of rotatable bonds is 16. The van der Waals surface area contributed by atoms with Crippen LogP contribution >= 0.6 is 0 Å². The van der Waals surface area contributed by atoms with E-state index in [9.17, 15) is 0 Å². The van der Waals surface area contributed by atoms with Crippen LogP contribution in [0.2, 0.25) is 0 Å². The summed E-state index contributed by atoms with van der Waals surface area (Å²) in [6.07, 6.45) is 0. The molecule has 0 spiro atoms. The third-order valence-corrected chi connectivity index (χ3v) is 21.5. The third-order valence-electron chi connectivity index (χ3n) is 21.5. The molecule has 0 unspecified atom stereocenters. The van der Waals surface area contributed by atoms with E-state index in [1.54, 1.807) is 0 Å². The van der Waals surface area contributed by atoms with E-state index in [1.807, 2.05) is 0 Å². The van der Waals surface area contributed by atoms with Crippen molar-refractivity contribution in [2.75, 3.05) is 275 Å². The van der Waals surface area contributed by atoms with Gasteiger partial charge in [0, 0.05) is 255 Å². The number of benzene rings is 8. The van der Waals surface area contributed by atoms with Crippen molar-refractivity contribution in [2.45, 2.75) is 0 Å². The molecule has 0 saturated carbocycles. The van der Waals surface area contributed by atoms with Crippen molar-refractivity contribution < 1.29 is 0 Å². The molecule has 16 nitrogen and oxygen atoms in total. The minimum atomic E-state index is 1.12. The highest BCUT2D eigenvalue weighted by Gasteiger charge is 2.27. The maximum atomic E-state index is 2.61. The van der Waals surface area contributed by atoms with Crippen molar-refractivity contribution in [3.05, 3.63) is 243 Å². The van der Waals surface area contributed by atoms with Crippen molar-refractivity contribution in [1.82, 2.24) is 39.2 Å². The van der Waals surface area contributed by atoms with Crippen LogP contribution in [0, 0.1) is 0 Å². The van der Waals surface area contributed by atoms with Gasteiger partial charge in [-0.25, -0.2) is 0 Å². The van der Waals surface area contributed by atoms with E-state index in [-0.39, 0.29) is 0 Å². The molecule has 8 aromatic rings. The summed E-state index contributed by atoms with van der Waals surface area (Å²) in [5, 5.41) is 0. The summed E-state index contributed by atoms with van der Waals surface area (Å²) in [5.41, 5.74) is 10.9. The summed E-state index contributed by atoms with van der Waals surface area (Å²) in [6.45, 7) is 41.2. The van der Waals surface area contributed by atoms with Gasteiger partial charge in [-0.2, -0.15) is 0 Å². The lowest BCUT2D eigenvalue weighted by Crippen LogP contribution is -2.54. The molecular formula is C84H112N16. The average molecular weight is 1350 g/mol. The standard InChI is InChI=1S/4C21H28N4/c4*1-3-7-20(8-4-1)24-15-11-22(12-16-24)19-23-13-17-25(18-14-23)21-9-5-2-6-10-21/h4*1-10H,11-19H2. The number of hydrogen-bond donors (Lipinski definition) is 0. The van der Waals surface area contributed by atoms with Crippen molar-refractivity contribution in [1.29, 1.82) is 0 Å². The van der Waals surface area contributed by atoms with Crippen LogP contribution in [0.25, 0.3) is 0 Å². The van der Waals surface area contributed by atoms with Gasteiger partial charge in [-0.05, 0) is 97.1 Å². The second-order valence-corrected chi connectivity index (χ2v) is 28.1. The molecule has 0 aliphatic carbocycles. The topological polar surface area (TPSA) is 51.8 Å². The first-order valence-corrected chi connectivity index (χ1v) is 37.7. The van der Waals surface area contributed by atoms with Gasteiger partial charge >= 0.3 is 0 Å². The van der Waals surface area contributed by atoms with Crippen molar-refractivity contribution in [3.8, 4) is 0 Å². The Morgan fingerprint density at radius 3 is 0.300 bits per heavy atom. The Bertz CT molecular complexity index is 2760. The van der Waals surface area contributed by atoms with E-state index < -0.39 is 0 Å². The molecule has 0 bridgehead atoms. The van der Waals surface area contributed by atoms with E-state index in [2.05, 4.69) is 321 Å². The highest BCUT2D eigenvalue weighted by atomic mass is 15.4. The zero-order valence-electron chi connectivity index (χ0n) is 59.7. The minimum absolute atomic E-state index is 1.12. The SMILES string of the molecule is c1ccc(N2CCN(CN3CCN(c4ccccc4)CC3)CC2)cc1.c1ccc(N2CCN(CN3CCN(c4ccccc4)CC3)CC2)cc1.c1ccc(N2CCN(CN3CCN(c4ccccc4)CC3)CC2)cc1.c1ccc(N2CCN(CN3CCN(c4ccccc4)CC3)CC2)cc1. The Morgan fingerprint density at radius 2 is 0.210 bits per heavy atom. The lowest BCUT2D eigenvalue weighted by molar-refractivity contribution is 0.120. The fraction of sp³-hybridized carbons (Fsp3) is 0.429. The number of piperazine rings is 8. The van der Waals surface area contributed by atoms with E-state index >= 15 is 0 Å². The lowest BCUT2D eigenvalue weighted by Gasteiger charge is -2.41. The average Bonchev–Trinajstić information content (AvgIpc) is 1.00. The van der Waals surface area contributed by atoms with Crippen LogP contribution in [0.15, 0.2) is 243 Å². The summed E-state index contributed by atoms with van der Waals surface area (Å²) in [5.74, 6) is 0. The molecule has 8 heterocycles. The summed E-state index contributed by atoms with van der Waals surface area (Å²) >= 11 is 0. The number of anilines is 8. The highest BCUT2D eigenvalue weighted by molar-refractivity contribution is 5.52. The third kappa shape index (κ3) is 21.0. The first-order valence-electron chi connectivity index (χ1n) is 37.7. The Morgan fingerprint density at radius 1 is 0.120 bits per heavy atom. The Hall–Kier alpha value is -8.16. The van der Waals surface area contributed by atoms with Gasteiger partial charge in [0.05, 0.1) is 26.7 Å². The largest absolute Gasteiger partial charge is 0.369 e. The molecule has 0 atom stereocenters. The van der Waals surface area contributed by atoms with Crippen LogP contribution in [0.5, 0.6) is 0 Å². The molecule has 528 valence electrons. The van der Waals surface area contributed by atoms with Crippen molar-refractivity contribution in [3.63, 3.8) is 0 Å². The summed E-state index contributed by atoms with van der Waals surface area (Å²) in [7, 11) is 0. The summed E-state index contributed by atoms with van der Waals surface area (Å²) in [4.78, 5) is 40.9. The quantitative estimate of drug-likeness (QED) is 0.0922. The molecule has 100 heavy (non-hydrogen) atoms. The molecule has 8 fully saturated rings. The highest BCUT2D eigenvalue weighted by Crippen LogP contribution is 2.24. The first-order chi connectivity index (χ1) is 49.5. The fourth-order valence-corrected chi connectivity index (χ4v) is 15.4. The molecule has 0 radical (unpaired) electrons. The van der Waals surface area contributed by atoms with E-state index in [0.29, 0.717) is 0 Å². The molecule has 8 aromatic carbocycles. The molecule has 16 heteroatoms. The molecular weight excluding hydrogens is 1230 g/mol. The number of hydrogen-bond acceptors (Lipinski definition) is 16. The molecule has 16 rings (SSSR count). The molecule has 0 amide bonds. The second kappa shape index (κ2) is 37.5. The Labute approximate surface area is 599 Å². The Kier molecular flexibility index (Phi) is 26.4. The van der Waals surface area contributed by atoms with E-state index in [1.165, 1.54) is 45.5 Å². The van der Waals surface area contributed by atoms with Crippen LogP contribution < -0.4 is 39.2 Å². The van der Waals surface area contributed by atoms with Gasteiger partial charge in [0.1, 0.15) is 0 Å². The van der Waals surface area contributed by atoms with Gasteiger partial charge in [-0.1, -0.05) is 146 Å². The molecule has 8 aliphatic rings. The van der Waals surface area contributed by atoms with Crippen molar-refractivity contribution in [2.24, 2.45) is 0 Å². The van der Waals surface area contributed by atoms with Gasteiger partial charge < -0.3 is 39.2 Å². The zero-order chi connectivity index (χ0) is 67.6. The van der Waals surface area contributed by atoms with E-state index in [0.717, 1.165) is 236 Å². The summed E-state index contributed by atoms with van der Waals surface area (Å²) in [6, 6.07) is 86.4. The molecule has 8 aliphatic heterocycles. The zero-order valence-corrected chi connectivity index (χ0v) is 59.7. The number of para-hydroxylation sites is 8. The second-order valence-electron chi connectivity index (χ2n) is 28.1. The van der Waals surface area contributed by atoms with Gasteiger partial charge in [0.2, 0.25) is 0 Å². The minimum Gasteiger partial charge on any atom is -0.369 e. The van der Waals surface area contributed by atoms with E-state index in [4.69, 9.17) is 0 Å².